The predicted molar refractivity (Wildman–Crippen MR) is 135 cm³/mol. The van der Waals surface area contributed by atoms with Gasteiger partial charge >= 0.3 is 5.97 Å². The van der Waals surface area contributed by atoms with Crippen LogP contribution in [0.3, 0.4) is 0 Å². The largest absolute Gasteiger partial charge is 0.481 e. The summed E-state index contributed by atoms with van der Waals surface area (Å²) in [5.41, 5.74) is 1.99. The number of carboxylic acid groups (broad SMARTS) is 1. The summed E-state index contributed by atoms with van der Waals surface area (Å²) in [5.74, 6) is -3.38. The van der Waals surface area contributed by atoms with Gasteiger partial charge < -0.3 is 15.7 Å². The molecule has 3 N–H and O–H groups in total. The average Bonchev–Trinajstić information content (AvgIpc) is 2.85. The summed E-state index contributed by atoms with van der Waals surface area (Å²) in [6.07, 6.45) is 1.89. The molecule has 2 unspecified atom stereocenters. The third-order valence-electron chi connectivity index (χ3n) is 5.76. The molecule has 0 aliphatic carbocycles. The molecule has 7 nitrogen and oxygen atoms in total. The Morgan fingerprint density at radius 1 is 0.972 bits per heavy atom. The van der Waals surface area contributed by atoms with Gasteiger partial charge in [-0.3, -0.25) is 19.4 Å². The van der Waals surface area contributed by atoms with E-state index in [9.17, 15) is 23.9 Å². The van der Waals surface area contributed by atoms with Crippen LogP contribution >= 0.6 is 0 Å². The topological polar surface area (TPSA) is 108 Å². The second-order valence-electron chi connectivity index (χ2n) is 9.48. The molecule has 36 heavy (non-hydrogen) atoms. The van der Waals surface area contributed by atoms with Crippen LogP contribution in [0, 0.1) is 11.7 Å². The fraction of sp³-hybridized carbons (Fsp3) is 0.286. The second-order valence-corrected chi connectivity index (χ2v) is 9.48. The van der Waals surface area contributed by atoms with E-state index in [-0.39, 0.29) is 17.9 Å². The number of carboxylic acids is 1. The highest BCUT2D eigenvalue weighted by Crippen LogP contribution is 2.18. The fourth-order valence-corrected chi connectivity index (χ4v) is 3.83. The second kappa shape index (κ2) is 11.6. The molecule has 3 aromatic rings. The first-order chi connectivity index (χ1) is 17.0. The molecule has 0 fully saturated rings. The van der Waals surface area contributed by atoms with Gasteiger partial charge in [-0.25, -0.2) is 4.39 Å². The van der Waals surface area contributed by atoms with Crippen molar-refractivity contribution in [3.63, 3.8) is 0 Å². The van der Waals surface area contributed by atoms with Crippen molar-refractivity contribution in [1.29, 1.82) is 0 Å². The number of pyridine rings is 1. The fourth-order valence-electron chi connectivity index (χ4n) is 3.83. The smallest absolute Gasteiger partial charge is 0.306 e. The molecule has 1 aromatic heterocycles. The molecule has 2 atom stereocenters. The Kier molecular flexibility index (Phi) is 8.53. The highest BCUT2D eigenvalue weighted by Gasteiger charge is 2.30. The SMILES string of the molecule is CC(CC(NC(=O)c1ccc(-c2ccccc2)cn1)C(=O)NC(C)(C)Cc1ccc(F)cc1)C(=O)O. The monoisotopic (exact) mass is 491 g/mol. The number of halogens is 1. The lowest BCUT2D eigenvalue weighted by Gasteiger charge is -2.30. The summed E-state index contributed by atoms with van der Waals surface area (Å²) in [5, 5.41) is 14.9. The van der Waals surface area contributed by atoms with E-state index in [0.717, 1.165) is 16.7 Å². The van der Waals surface area contributed by atoms with Gasteiger partial charge in [-0.1, -0.05) is 55.5 Å². The number of hydrogen-bond acceptors (Lipinski definition) is 4. The number of carbonyl (C=O) groups excluding carboxylic acids is 2. The molecule has 2 aromatic carbocycles. The van der Waals surface area contributed by atoms with E-state index < -0.39 is 35.3 Å². The summed E-state index contributed by atoms with van der Waals surface area (Å²) in [6.45, 7) is 5.08. The number of aliphatic carboxylic acids is 1. The lowest BCUT2D eigenvalue weighted by Crippen LogP contribution is -2.54. The van der Waals surface area contributed by atoms with Crippen molar-refractivity contribution >= 4 is 17.8 Å². The molecule has 0 radical (unpaired) electrons. The van der Waals surface area contributed by atoms with Crippen LogP contribution in [0.4, 0.5) is 4.39 Å². The standard InChI is InChI=1S/C28H30FN3O4/c1-18(27(35)36)15-24(26(34)32-28(2,3)16-19-9-12-22(29)13-10-19)31-25(33)23-14-11-21(17-30-23)20-7-5-4-6-8-20/h4-14,17-18,24H,15-16H2,1-3H3,(H,31,33)(H,32,34)(H,35,36). The first-order valence-electron chi connectivity index (χ1n) is 11.7. The Morgan fingerprint density at radius 3 is 2.22 bits per heavy atom. The number of nitrogens with zero attached hydrogens (tertiary/aromatic N) is 1. The molecule has 0 bridgehead atoms. The van der Waals surface area contributed by atoms with E-state index in [1.165, 1.54) is 19.1 Å². The maximum absolute atomic E-state index is 13.2. The van der Waals surface area contributed by atoms with Crippen LogP contribution in [0.25, 0.3) is 11.1 Å². The number of rotatable bonds is 10. The van der Waals surface area contributed by atoms with Crippen molar-refractivity contribution in [2.75, 3.05) is 0 Å². The van der Waals surface area contributed by atoms with Crippen molar-refractivity contribution in [1.82, 2.24) is 15.6 Å². The predicted octanol–water partition coefficient (Wildman–Crippen LogP) is 4.23. The van der Waals surface area contributed by atoms with E-state index in [1.807, 2.05) is 30.3 Å². The van der Waals surface area contributed by atoms with Crippen LogP contribution in [0.1, 0.15) is 43.2 Å². The van der Waals surface area contributed by atoms with Gasteiger partial charge in [0.25, 0.3) is 5.91 Å². The minimum Gasteiger partial charge on any atom is -0.481 e. The van der Waals surface area contributed by atoms with Gasteiger partial charge in [-0.05, 0) is 56.0 Å². The minimum atomic E-state index is -1.09. The zero-order valence-corrected chi connectivity index (χ0v) is 20.5. The average molecular weight is 492 g/mol. The molecule has 8 heteroatoms. The number of amides is 2. The molecular formula is C28H30FN3O4. The van der Waals surface area contributed by atoms with E-state index in [0.29, 0.717) is 6.42 Å². The zero-order chi connectivity index (χ0) is 26.3. The van der Waals surface area contributed by atoms with Crippen LogP contribution < -0.4 is 10.6 Å². The van der Waals surface area contributed by atoms with Gasteiger partial charge in [-0.15, -0.1) is 0 Å². The number of aromatic nitrogens is 1. The molecule has 188 valence electrons. The highest BCUT2D eigenvalue weighted by molar-refractivity contribution is 5.96. The zero-order valence-electron chi connectivity index (χ0n) is 20.5. The summed E-state index contributed by atoms with van der Waals surface area (Å²) < 4.78 is 13.2. The Labute approximate surface area is 209 Å². The van der Waals surface area contributed by atoms with E-state index in [4.69, 9.17) is 0 Å². The quantitative estimate of drug-likeness (QED) is 0.393. The summed E-state index contributed by atoms with van der Waals surface area (Å²) >= 11 is 0. The van der Waals surface area contributed by atoms with Crippen LogP contribution in [-0.2, 0) is 16.0 Å². The molecule has 0 saturated heterocycles. The summed E-state index contributed by atoms with van der Waals surface area (Å²) in [4.78, 5) is 41.8. The van der Waals surface area contributed by atoms with E-state index in [2.05, 4.69) is 15.6 Å². The molecular weight excluding hydrogens is 461 g/mol. The van der Waals surface area contributed by atoms with Crippen LogP contribution in [0.15, 0.2) is 72.9 Å². The first-order valence-corrected chi connectivity index (χ1v) is 11.7. The Balaban J connectivity index is 1.72. The van der Waals surface area contributed by atoms with Crippen LogP contribution in [0.5, 0.6) is 0 Å². The van der Waals surface area contributed by atoms with Gasteiger partial charge in [0.05, 0.1) is 5.92 Å². The molecule has 3 rings (SSSR count). The molecule has 0 aliphatic rings. The summed E-state index contributed by atoms with van der Waals surface area (Å²) in [6, 6.07) is 17.8. The molecule has 0 aliphatic heterocycles. The summed E-state index contributed by atoms with van der Waals surface area (Å²) in [7, 11) is 0. The van der Waals surface area contributed by atoms with Gasteiger partial charge in [0.2, 0.25) is 5.91 Å². The number of nitrogens with one attached hydrogen (secondary N) is 2. The number of carbonyl (C=O) groups is 3. The molecule has 0 spiro atoms. The lowest BCUT2D eigenvalue weighted by molar-refractivity contribution is -0.141. The third kappa shape index (κ3) is 7.46. The van der Waals surface area contributed by atoms with Crippen molar-refractivity contribution in [2.24, 2.45) is 5.92 Å². The van der Waals surface area contributed by atoms with Crippen LogP contribution in [-0.4, -0.2) is 39.5 Å². The first kappa shape index (κ1) is 26.5. The van der Waals surface area contributed by atoms with Crippen molar-refractivity contribution in [3.8, 4) is 11.1 Å². The van der Waals surface area contributed by atoms with Gasteiger partial charge in [0.15, 0.2) is 0 Å². The Morgan fingerprint density at radius 2 is 1.64 bits per heavy atom. The molecule has 2 amide bonds. The lowest BCUT2D eigenvalue weighted by atomic mass is 9.93. The number of hydrogen-bond donors (Lipinski definition) is 3. The van der Waals surface area contributed by atoms with Crippen molar-refractivity contribution in [2.45, 2.75) is 45.2 Å². The van der Waals surface area contributed by atoms with E-state index >= 15 is 0 Å². The van der Waals surface area contributed by atoms with Gasteiger partial charge in [0.1, 0.15) is 17.6 Å². The van der Waals surface area contributed by atoms with Gasteiger partial charge in [-0.2, -0.15) is 0 Å². The maximum Gasteiger partial charge on any atom is 0.306 e. The van der Waals surface area contributed by atoms with Crippen molar-refractivity contribution in [3.05, 3.63) is 90.0 Å². The molecule has 1 heterocycles. The Hall–Kier alpha value is -4.07. The van der Waals surface area contributed by atoms with Crippen molar-refractivity contribution < 1.29 is 23.9 Å². The Bertz CT molecular complexity index is 1200. The molecule has 0 saturated carbocycles. The highest BCUT2D eigenvalue weighted by atomic mass is 19.1. The van der Waals surface area contributed by atoms with Gasteiger partial charge in [0, 0.05) is 17.3 Å². The number of benzene rings is 2. The maximum atomic E-state index is 13.2. The third-order valence-corrected chi connectivity index (χ3v) is 5.76. The van der Waals surface area contributed by atoms with Crippen LogP contribution in [0.2, 0.25) is 0 Å². The minimum absolute atomic E-state index is 0.0956. The normalized spacial score (nSPS) is 12.9. The van der Waals surface area contributed by atoms with E-state index in [1.54, 1.807) is 44.3 Å².